The van der Waals surface area contributed by atoms with Crippen LogP contribution in [0.25, 0.3) is 0 Å². The molecule has 1 aliphatic rings. The Morgan fingerprint density at radius 3 is 2.37 bits per heavy atom. The first kappa shape index (κ1) is 21.5. The Bertz CT molecular complexity index is 952. The summed E-state index contributed by atoms with van der Waals surface area (Å²) in [5.41, 5.74) is 2.62. The Hall–Kier alpha value is -3.22. The molecule has 7 heteroatoms. The maximum absolute atomic E-state index is 14.3. The first-order chi connectivity index (χ1) is 14.3. The summed E-state index contributed by atoms with van der Waals surface area (Å²) in [7, 11) is 0. The average Bonchev–Trinajstić information content (AvgIpc) is 2.73. The molecule has 0 saturated carbocycles. The molecule has 1 amide bonds. The van der Waals surface area contributed by atoms with Crippen LogP contribution in [0.4, 0.5) is 10.1 Å². The fraction of sp³-hybridized carbons (Fsp3) is 0.348. The van der Waals surface area contributed by atoms with Crippen molar-refractivity contribution in [2.75, 3.05) is 37.7 Å². The van der Waals surface area contributed by atoms with Gasteiger partial charge in [-0.05, 0) is 43.2 Å². The van der Waals surface area contributed by atoms with Crippen molar-refractivity contribution in [3.05, 3.63) is 65.0 Å². The van der Waals surface area contributed by atoms with Crippen LogP contribution in [0.2, 0.25) is 0 Å². The molecule has 0 aliphatic carbocycles. The zero-order chi connectivity index (χ0) is 21.7. The molecule has 0 atom stereocenters. The smallest absolute Gasteiger partial charge is 0.310 e. The van der Waals surface area contributed by atoms with E-state index in [0.717, 1.165) is 11.1 Å². The summed E-state index contributed by atoms with van der Waals surface area (Å²) in [5.74, 6) is -1.34. The molecule has 1 aliphatic heterocycles. The van der Waals surface area contributed by atoms with Gasteiger partial charge in [0.2, 0.25) is 0 Å². The van der Waals surface area contributed by atoms with Crippen LogP contribution in [0, 0.1) is 12.7 Å². The lowest BCUT2D eigenvalue weighted by atomic mass is 10.1. The highest BCUT2D eigenvalue weighted by atomic mass is 19.1. The van der Waals surface area contributed by atoms with Crippen LogP contribution in [0.5, 0.6) is 0 Å². The van der Waals surface area contributed by atoms with Crippen molar-refractivity contribution < 1.29 is 23.5 Å². The highest BCUT2D eigenvalue weighted by Crippen LogP contribution is 2.22. The monoisotopic (exact) mass is 412 g/mol. The summed E-state index contributed by atoms with van der Waals surface area (Å²) in [6, 6.07) is 12.0. The Morgan fingerprint density at radius 2 is 1.73 bits per heavy atom. The highest BCUT2D eigenvalue weighted by Gasteiger charge is 2.24. The van der Waals surface area contributed by atoms with E-state index in [1.807, 2.05) is 36.1 Å². The topological polar surface area (TPSA) is 66.9 Å². The number of piperazine rings is 1. The lowest BCUT2D eigenvalue weighted by Gasteiger charge is -2.36. The van der Waals surface area contributed by atoms with Crippen molar-refractivity contribution in [1.29, 1.82) is 0 Å². The number of esters is 1. The summed E-state index contributed by atoms with van der Waals surface area (Å²) in [4.78, 5) is 39.2. The standard InChI is InChI=1S/C23H25FN2O4/c1-16-5-3-4-6-18(16)14-23(29)30-15-22(28)26-11-9-25(10-12-26)21-8-7-19(17(2)27)13-20(21)24/h3-8,13H,9-12,14-15H2,1-2H3. The molecule has 1 saturated heterocycles. The molecule has 0 N–H and O–H groups in total. The SMILES string of the molecule is CC(=O)c1ccc(N2CCN(C(=O)COC(=O)Cc3ccccc3C)CC2)c(F)c1. The minimum atomic E-state index is -0.451. The summed E-state index contributed by atoms with van der Waals surface area (Å²) in [6.45, 7) is 4.74. The van der Waals surface area contributed by atoms with Gasteiger partial charge < -0.3 is 14.5 Å². The number of Topliss-reactive ketones (excluding diaryl/α,β-unsaturated/α-hetero) is 1. The fourth-order valence-corrected chi connectivity index (χ4v) is 3.43. The van der Waals surface area contributed by atoms with Crippen molar-refractivity contribution in [2.24, 2.45) is 0 Å². The van der Waals surface area contributed by atoms with E-state index in [4.69, 9.17) is 4.74 Å². The second-order valence-corrected chi connectivity index (χ2v) is 7.35. The van der Waals surface area contributed by atoms with Gasteiger partial charge in [0, 0.05) is 31.7 Å². The fourth-order valence-electron chi connectivity index (χ4n) is 3.43. The molecule has 1 heterocycles. The third-order valence-corrected chi connectivity index (χ3v) is 5.28. The van der Waals surface area contributed by atoms with Crippen LogP contribution in [0.15, 0.2) is 42.5 Å². The number of carbonyl (C=O) groups excluding carboxylic acids is 3. The lowest BCUT2D eigenvalue weighted by molar-refractivity contribution is -0.151. The van der Waals surface area contributed by atoms with Crippen LogP contribution in [0.1, 0.15) is 28.4 Å². The predicted molar refractivity (Wildman–Crippen MR) is 111 cm³/mol. The highest BCUT2D eigenvalue weighted by molar-refractivity contribution is 5.94. The molecule has 3 rings (SSSR count). The molecule has 2 aromatic carbocycles. The summed E-state index contributed by atoms with van der Waals surface area (Å²) < 4.78 is 19.5. The number of hydrogen-bond donors (Lipinski definition) is 0. The van der Waals surface area contributed by atoms with Gasteiger partial charge in [-0.2, -0.15) is 0 Å². The Labute approximate surface area is 175 Å². The van der Waals surface area contributed by atoms with Gasteiger partial charge in [0.05, 0.1) is 12.1 Å². The van der Waals surface area contributed by atoms with Gasteiger partial charge in [0.25, 0.3) is 5.91 Å². The minimum Gasteiger partial charge on any atom is -0.455 e. The zero-order valence-corrected chi connectivity index (χ0v) is 17.2. The maximum Gasteiger partial charge on any atom is 0.310 e. The molecule has 0 unspecified atom stereocenters. The number of benzene rings is 2. The zero-order valence-electron chi connectivity index (χ0n) is 17.2. The second kappa shape index (κ2) is 9.52. The average molecular weight is 412 g/mol. The number of nitrogens with zero attached hydrogens (tertiary/aromatic N) is 2. The Morgan fingerprint density at radius 1 is 1.03 bits per heavy atom. The molecule has 0 aromatic heterocycles. The lowest BCUT2D eigenvalue weighted by Crippen LogP contribution is -2.50. The number of rotatable bonds is 6. The molecule has 158 valence electrons. The first-order valence-corrected chi connectivity index (χ1v) is 9.88. The van der Waals surface area contributed by atoms with Crippen LogP contribution >= 0.6 is 0 Å². The Kier molecular flexibility index (Phi) is 6.82. The van der Waals surface area contributed by atoms with Crippen molar-refractivity contribution in [3.8, 4) is 0 Å². The maximum atomic E-state index is 14.3. The molecular formula is C23H25FN2O4. The van der Waals surface area contributed by atoms with E-state index >= 15 is 0 Å². The molecule has 6 nitrogen and oxygen atoms in total. The minimum absolute atomic E-state index is 0.128. The number of halogens is 1. The van der Waals surface area contributed by atoms with Crippen molar-refractivity contribution in [1.82, 2.24) is 4.90 Å². The molecular weight excluding hydrogens is 387 g/mol. The second-order valence-electron chi connectivity index (χ2n) is 7.35. The number of aryl methyl sites for hydroxylation is 1. The number of hydrogen-bond acceptors (Lipinski definition) is 5. The van der Waals surface area contributed by atoms with Gasteiger partial charge >= 0.3 is 5.97 Å². The van der Waals surface area contributed by atoms with Gasteiger partial charge in [0.1, 0.15) is 5.82 Å². The van der Waals surface area contributed by atoms with E-state index in [1.165, 1.54) is 13.0 Å². The van der Waals surface area contributed by atoms with Crippen molar-refractivity contribution in [3.63, 3.8) is 0 Å². The van der Waals surface area contributed by atoms with Crippen LogP contribution in [-0.4, -0.2) is 55.3 Å². The van der Waals surface area contributed by atoms with Crippen LogP contribution < -0.4 is 4.90 Å². The Balaban J connectivity index is 1.48. The molecule has 1 fully saturated rings. The van der Waals surface area contributed by atoms with Crippen molar-refractivity contribution in [2.45, 2.75) is 20.3 Å². The summed E-state index contributed by atoms with van der Waals surface area (Å²) in [5, 5.41) is 0. The van der Waals surface area contributed by atoms with Gasteiger partial charge in [-0.25, -0.2) is 4.39 Å². The largest absolute Gasteiger partial charge is 0.455 e. The first-order valence-electron chi connectivity index (χ1n) is 9.88. The summed E-state index contributed by atoms with van der Waals surface area (Å²) in [6.07, 6.45) is 0.128. The van der Waals surface area contributed by atoms with Gasteiger partial charge in [-0.3, -0.25) is 14.4 Å². The third-order valence-electron chi connectivity index (χ3n) is 5.28. The van der Waals surface area contributed by atoms with E-state index in [2.05, 4.69) is 0 Å². The van der Waals surface area contributed by atoms with Crippen LogP contribution in [0.3, 0.4) is 0 Å². The number of ether oxygens (including phenoxy) is 1. The number of ketones is 1. The van der Waals surface area contributed by atoms with E-state index in [1.54, 1.807) is 17.0 Å². The molecule has 0 bridgehead atoms. The molecule has 0 spiro atoms. The van der Waals surface area contributed by atoms with Crippen LogP contribution in [-0.2, 0) is 20.7 Å². The van der Waals surface area contributed by atoms with E-state index in [0.29, 0.717) is 37.4 Å². The third kappa shape index (κ3) is 5.23. The van der Waals surface area contributed by atoms with E-state index in [9.17, 15) is 18.8 Å². The number of anilines is 1. The molecule has 0 radical (unpaired) electrons. The van der Waals surface area contributed by atoms with Crippen molar-refractivity contribution >= 4 is 23.3 Å². The van der Waals surface area contributed by atoms with E-state index in [-0.39, 0.29) is 24.7 Å². The molecule has 30 heavy (non-hydrogen) atoms. The molecule has 2 aromatic rings. The number of carbonyl (C=O) groups is 3. The summed E-state index contributed by atoms with van der Waals surface area (Å²) >= 11 is 0. The van der Waals surface area contributed by atoms with Gasteiger partial charge in [0.15, 0.2) is 12.4 Å². The normalized spacial score (nSPS) is 13.8. The van der Waals surface area contributed by atoms with Gasteiger partial charge in [-0.15, -0.1) is 0 Å². The number of amides is 1. The van der Waals surface area contributed by atoms with Gasteiger partial charge in [-0.1, -0.05) is 24.3 Å². The predicted octanol–water partition coefficient (Wildman–Crippen LogP) is 2.77. The quantitative estimate of drug-likeness (QED) is 0.539. The van der Waals surface area contributed by atoms with E-state index < -0.39 is 11.8 Å².